The minimum absolute atomic E-state index is 0.0220. The summed E-state index contributed by atoms with van der Waals surface area (Å²) in [7, 11) is 0. The van der Waals surface area contributed by atoms with Gasteiger partial charge in [-0.2, -0.15) is 0 Å². The number of carboxylic acid groups (broad SMARTS) is 2. The van der Waals surface area contributed by atoms with E-state index in [1.807, 2.05) is 0 Å². The van der Waals surface area contributed by atoms with Gasteiger partial charge < -0.3 is 36.4 Å². The Balaban J connectivity index is 0.000000450. The zero-order valence-corrected chi connectivity index (χ0v) is 19.5. The van der Waals surface area contributed by atoms with Crippen molar-refractivity contribution in [1.82, 2.24) is 14.9 Å². The molecule has 14 nitrogen and oxygen atoms in total. The van der Waals surface area contributed by atoms with E-state index in [-0.39, 0.29) is 47.0 Å². The Hall–Kier alpha value is -3.98. The first-order valence-corrected chi connectivity index (χ1v) is 10.3. The van der Waals surface area contributed by atoms with E-state index in [2.05, 4.69) is 9.97 Å². The first kappa shape index (κ1) is 30.1. The number of aromatic hydroxyl groups is 2. The molecule has 0 spiro atoms. The van der Waals surface area contributed by atoms with Crippen molar-refractivity contribution in [2.75, 3.05) is 19.6 Å². The first-order valence-electron chi connectivity index (χ1n) is 10.3. The molecule has 0 fully saturated rings. The third kappa shape index (κ3) is 8.06. The van der Waals surface area contributed by atoms with E-state index >= 15 is 0 Å². The number of carboxylic acids is 2. The number of carbonyl (C=O) groups is 4. The van der Waals surface area contributed by atoms with E-state index < -0.39 is 37.2 Å². The summed E-state index contributed by atoms with van der Waals surface area (Å²) in [6.07, 6.45) is 1.96. The Kier molecular flexibility index (Phi) is 11.5. The standard InChI is InChI=1S/C14H19N3O7.C8H9NO3/c1-7-13(23)9(6-18)8(2-16-7)14(24)10(15)3-17(4-11(19)20)5-12(21)22;1-5-8(12)7(4-11)6(3-10)2-9-5/h2,6,10,14,23-24H,3-5,15H2,1H3,(H,19,20)(H,21,22);2,4,10,12H,3H2,1H3. The van der Waals surface area contributed by atoms with Gasteiger partial charge in [0.15, 0.2) is 12.6 Å². The molecule has 2 rings (SSSR count). The number of aliphatic hydroxyl groups is 2. The smallest absolute Gasteiger partial charge is 0.317 e. The van der Waals surface area contributed by atoms with Crippen LogP contribution in [0.2, 0.25) is 0 Å². The fraction of sp³-hybridized carbons (Fsp3) is 0.364. The van der Waals surface area contributed by atoms with Crippen molar-refractivity contribution < 1.29 is 49.8 Å². The van der Waals surface area contributed by atoms with Crippen LogP contribution in [0.4, 0.5) is 0 Å². The molecule has 36 heavy (non-hydrogen) atoms. The van der Waals surface area contributed by atoms with Crippen molar-refractivity contribution in [2.45, 2.75) is 32.6 Å². The minimum Gasteiger partial charge on any atom is -0.505 e. The summed E-state index contributed by atoms with van der Waals surface area (Å²) in [5.74, 6) is -3.04. The summed E-state index contributed by atoms with van der Waals surface area (Å²) in [6.45, 7) is 1.35. The molecule has 0 saturated heterocycles. The number of aromatic nitrogens is 2. The van der Waals surface area contributed by atoms with Crippen LogP contribution in [0.1, 0.15) is 49.3 Å². The maximum absolute atomic E-state index is 11.1. The topological polar surface area (TPSA) is 245 Å². The zero-order valence-electron chi connectivity index (χ0n) is 19.5. The number of aliphatic carboxylic acids is 2. The Morgan fingerprint density at radius 1 is 0.972 bits per heavy atom. The molecule has 2 atom stereocenters. The number of aliphatic hydroxyl groups excluding tert-OH is 2. The summed E-state index contributed by atoms with van der Waals surface area (Å²) in [5.41, 5.74) is 6.65. The van der Waals surface area contributed by atoms with Gasteiger partial charge in [-0.25, -0.2) is 0 Å². The molecule has 2 aromatic rings. The Labute approximate surface area is 205 Å². The van der Waals surface area contributed by atoms with Gasteiger partial charge in [0.1, 0.15) is 11.5 Å². The lowest BCUT2D eigenvalue weighted by atomic mass is 9.98. The molecule has 0 bridgehead atoms. The average Bonchev–Trinajstić information content (AvgIpc) is 2.81. The normalized spacial score (nSPS) is 12.3. The summed E-state index contributed by atoms with van der Waals surface area (Å²) in [4.78, 5) is 51.8. The zero-order chi connectivity index (χ0) is 27.6. The van der Waals surface area contributed by atoms with Gasteiger partial charge in [-0.15, -0.1) is 0 Å². The van der Waals surface area contributed by atoms with E-state index in [1.165, 1.54) is 19.3 Å². The van der Waals surface area contributed by atoms with Crippen LogP contribution in [0.25, 0.3) is 0 Å². The Morgan fingerprint density at radius 3 is 1.89 bits per heavy atom. The van der Waals surface area contributed by atoms with Crippen molar-refractivity contribution >= 4 is 24.5 Å². The van der Waals surface area contributed by atoms with Crippen LogP contribution >= 0.6 is 0 Å². The lowest BCUT2D eigenvalue weighted by Crippen LogP contribution is -2.45. The fourth-order valence-corrected chi connectivity index (χ4v) is 3.09. The van der Waals surface area contributed by atoms with Crippen molar-refractivity contribution in [3.63, 3.8) is 0 Å². The Morgan fingerprint density at radius 2 is 1.44 bits per heavy atom. The van der Waals surface area contributed by atoms with E-state index in [0.29, 0.717) is 23.8 Å². The van der Waals surface area contributed by atoms with Gasteiger partial charge in [0, 0.05) is 36.1 Å². The van der Waals surface area contributed by atoms with E-state index in [0.717, 1.165) is 4.90 Å². The van der Waals surface area contributed by atoms with Crippen molar-refractivity contribution in [2.24, 2.45) is 5.73 Å². The predicted molar refractivity (Wildman–Crippen MR) is 123 cm³/mol. The highest BCUT2D eigenvalue weighted by Gasteiger charge is 2.26. The van der Waals surface area contributed by atoms with Gasteiger partial charge in [0.25, 0.3) is 0 Å². The van der Waals surface area contributed by atoms with Crippen LogP contribution in [0, 0.1) is 13.8 Å². The molecule has 8 N–H and O–H groups in total. The molecule has 2 unspecified atom stereocenters. The minimum atomic E-state index is -1.45. The van der Waals surface area contributed by atoms with E-state index in [4.69, 9.17) is 21.1 Å². The summed E-state index contributed by atoms with van der Waals surface area (Å²) >= 11 is 0. The number of carbonyl (C=O) groups excluding carboxylic acids is 2. The SMILES string of the molecule is Cc1ncc(C(O)C(N)CN(CC(=O)O)CC(=O)O)c(C=O)c1O.Cc1ncc(CO)c(C=O)c1O. The number of nitrogens with zero attached hydrogens (tertiary/aromatic N) is 3. The van der Waals surface area contributed by atoms with Crippen LogP contribution in [0.3, 0.4) is 0 Å². The third-order valence-electron chi connectivity index (χ3n) is 4.98. The highest BCUT2D eigenvalue weighted by molar-refractivity contribution is 5.82. The highest BCUT2D eigenvalue weighted by atomic mass is 16.4. The van der Waals surface area contributed by atoms with Crippen molar-refractivity contribution in [3.8, 4) is 11.5 Å². The average molecular weight is 508 g/mol. The van der Waals surface area contributed by atoms with Gasteiger partial charge in [-0.05, 0) is 13.8 Å². The maximum Gasteiger partial charge on any atom is 0.317 e. The molecule has 2 aromatic heterocycles. The molecule has 14 heteroatoms. The van der Waals surface area contributed by atoms with Crippen LogP contribution in [0.15, 0.2) is 12.4 Å². The van der Waals surface area contributed by atoms with Gasteiger partial charge in [-0.3, -0.25) is 34.0 Å². The predicted octanol–water partition coefficient (Wildman–Crippen LogP) is -0.860. The monoisotopic (exact) mass is 508 g/mol. The second-order valence-corrected chi connectivity index (χ2v) is 7.65. The molecule has 0 aliphatic rings. The largest absolute Gasteiger partial charge is 0.505 e. The summed E-state index contributed by atoms with van der Waals surface area (Å²) in [5, 5.41) is 55.7. The molecule has 0 aliphatic carbocycles. The molecule has 0 amide bonds. The molecule has 196 valence electrons. The lowest BCUT2D eigenvalue weighted by Gasteiger charge is -2.26. The maximum atomic E-state index is 11.1. The van der Waals surface area contributed by atoms with Gasteiger partial charge in [0.05, 0.1) is 48.3 Å². The highest BCUT2D eigenvalue weighted by Crippen LogP contribution is 2.27. The van der Waals surface area contributed by atoms with Crippen LogP contribution in [-0.2, 0) is 16.2 Å². The number of nitrogens with two attached hydrogens (primary N) is 1. The van der Waals surface area contributed by atoms with Crippen molar-refractivity contribution in [3.05, 3.63) is 46.0 Å². The lowest BCUT2D eigenvalue weighted by molar-refractivity contribution is -0.142. The molecule has 2 heterocycles. The van der Waals surface area contributed by atoms with Crippen molar-refractivity contribution in [1.29, 1.82) is 0 Å². The number of hydrogen-bond donors (Lipinski definition) is 7. The molecule has 0 radical (unpaired) electrons. The van der Waals surface area contributed by atoms with Crippen LogP contribution < -0.4 is 5.73 Å². The quantitative estimate of drug-likeness (QED) is 0.183. The number of pyridine rings is 2. The summed E-state index contributed by atoms with van der Waals surface area (Å²) < 4.78 is 0. The number of aldehydes is 2. The third-order valence-corrected chi connectivity index (χ3v) is 4.98. The molecular formula is C22H28N4O10. The van der Waals surface area contributed by atoms with Gasteiger partial charge >= 0.3 is 11.9 Å². The first-order chi connectivity index (χ1) is 16.9. The number of rotatable bonds is 11. The fourth-order valence-electron chi connectivity index (χ4n) is 3.09. The van der Waals surface area contributed by atoms with E-state index in [9.17, 15) is 34.5 Å². The second-order valence-electron chi connectivity index (χ2n) is 7.65. The van der Waals surface area contributed by atoms with Gasteiger partial charge in [0.2, 0.25) is 0 Å². The second kappa shape index (κ2) is 13.8. The number of hydrogen-bond acceptors (Lipinski definition) is 12. The van der Waals surface area contributed by atoms with E-state index in [1.54, 1.807) is 6.92 Å². The summed E-state index contributed by atoms with van der Waals surface area (Å²) in [6, 6.07) is -1.11. The molecule has 0 aromatic carbocycles. The molecule has 0 saturated carbocycles. The van der Waals surface area contributed by atoms with Crippen LogP contribution in [-0.4, -0.2) is 95.7 Å². The molecular weight excluding hydrogens is 480 g/mol. The Bertz CT molecular complexity index is 1090. The van der Waals surface area contributed by atoms with Gasteiger partial charge in [-0.1, -0.05) is 0 Å². The molecule has 0 aliphatic heterocycles. The van der Waals surface area contributed by atoms with Crippen LogP contribution in [0.5, 0.6) is 11.5 Å². The number of aryl methyl sites for hydroxylation is 2.